The maximum atomic E-state index is 11.8. The minimum Gasteiger partial charge on any atom is -0.497 e. The number of hydrogen-bond donors (Lipinski definition) is 1. The van der Waals surface area contributed by atoms with Gasteiger partial charge in [0.05, 0.1) is 14.2 Å². The number of methoxy groups -OCH3 is 2. The summed E-state index contributed by atoms with van der Waals surface area (Å²) in [5.74, 6) is 0.356. The summed E-state index contributed by atoms with van der Waals surface area (Å²) in [6.07, 6.45) is 0. The maximum absolute atomic E-state index is 11.8. The van der Waals surface area contributed by atoms with E-state index in [0.717, 1.165) is 11.3 Å². The van der Waals surface area contributed by atoms with Crippen molar-refractivity contribution in [2.24, 2.45) is 0 Å². The van der Waals surface area contributed by atoms with Crippen LogP contribution in [0.5, 0.6) is 11.5 Å². The minimum atomic E-state index is -0.478. The van der Waals surface area contributed by atoms with Crippen LogP contribution in [0.2, 0.25) is 0 Å². The van der Waals surface area contributed by atoms with E-state index in [1.807, 2.05) is 24.3 Å². The molecule has 2 rings (SSSR count). The van der Waals surface area contributed by atoms with E-state index >= 15 is 0 Å². The van der Waals surface area contributed by atoms with Crippen LogP contribution in [0.15, 0.2) is 35.7 Å². The zero-order valence-corrected chi connectivity index (χ0v) is 13.6. The fourth-order valence-electron chi connectivity index (χ4n) is 1.79. The SMILES string of the molecule is COC(=O)c1sccc1OCC(=O)NCc1ccc(OC)cc1. The number of carbonyl (C=O) groups is 2. The van der Waals surface area contributed by atoms with Gasteiger partial charge in [-0.1, -0.05) is 12.1 Å². The molecular formula is C16H17NO5S. The van der Waals surface area contributed by atoms with E-state index < -0.39 is 5.97 Å². The van der Waals surface area contributed by atoms with Gasteiger partial charge in [0.2, 0.25) is 0 Å². The summed E-state index contributed by atoms with van der Waals surface area (Å²) in [6, 6.07) is 9.02. The van der Waals surface area contributed by atoms with Gasteiger partial charge in [0, 0.05) is 6.54 Å². The Kier molecular flexibility index (Phi) is 5.99. The number of rotatable bonds is 7. The zero-order valence-electron chi connectivity index (χ0n) is 12.8. The molecule has 1 aromatic heterocycles. The van der Waals surface area contributed by atoms with Crippen LogP contribution in [-0.4, -0.2) is 32.7 Å². The van der Waals surface area contributed by atoms with E-state index in [0.29, 0.717) is 17.2 Å². The van der Waals surface area contributed by atoms with Crippen LogP contribution < -0.4 is 14.8 Å². The van der Waals surface area contributed by atoms with Crippen molar-refractivity contribution in [2.45, 2.75) is 6.54 Å². The number of carbonyl (C=O) groups excluding carboxylic acids is 2. The fraction of sp³-hybridized carbons (Fsp3) is 0.250. The number of ether oxygens (including phenoxy) is 3. The molecule has 1 aromatic carbocycles. The Morgan fingerprint density at radius 3 is 2.52 bits per heavy atom. The summed E-state index contributed by atoms with van der Waals surface area (Å²) >= 11 is 1.20. The molecule has 0 fully saturated rings. The summed E-state index contributed by atoms with van der Waals surface area (Å²) < 4.78 is 15.1. The molecule has 0 atom stereocenters. The van der Waals surface area contributed by atoms with Gasteiger partial charge in [0.25, 0.3) is 5.91 Å². The lowest BCUT2D eigenvalue weighted by Gasteiger charge is -2.08. The molecule has 0 bridgehead atoms. The average molecular weight is 335 g/mol. The summed E-state index contributed by atoms with van der Waals surface area (Å²) in [4.78, 5) is 23.7. The van der Waals surface area contributed by atoms with Crippen molar-refractivity contribution in [1.29, 1.82) is 0 Å². The van der Waals surface area contributed by atoms with Crippen LogP contribution in [0.25, 0.3) is 0 Å². The molecule has 23 heavy (non-hydrogen) atoms. The third-order valence-electron chi connectivity index (χ3n) is 3.01. The number of hydrogen-bond acceptors (Lipinski definition) is 6. The number of amides is 1. The van der Waals surface area contributed by atoms with Gasteiger partial charge in [-0.15, -0.1) is 11.3 Å². The van der Waals surface area contributed by atoms with Crippen LogP contribution >= 0.6 is 11.3 Å². The van der Waals surface area contributed by atoms with E-state index in [2.05, 4.69) is 10.1 Å². The second kappa shape index (κ2) is 8.19. The first kappa shape index (κ1) is 16.8. The number of thiophene rings is 1. The molecule has 2 aromatic rings. The molecule has 1 heterocycles. The quantitative estimate of drug-likeness (QED) is 0.786. The highest BCUT2D eigenvalue weighted by Gasteiger charge is 2.15. The van der Waals surface area contributed by atoms with Crippen LogP contribution in [0, 0.1) is 0 Å². The third-order valence-corrected chi connectivity index (χ3v) is 3.88. The summed E-state index contributed by atoms with van der Waals surface area (Å²) in [5.41, 5.74) is 0.949. The number of benzene rings is 1. The lowest BCUT2D eigenvalue weighted by Crippen LogP contribution is -2.28. The van der Waals surface area contributed by atoms with Gasteiger partial charge in [-0.2, -0.15) is 0 Å². The molecule has 1 amide bonds. The van der Waals surface area contributed by atoms with E-state index in [4.69, 9.17) is 9.47 Å². The molecule has 0 saturated carbocycles. The van der Waals surface area contributed by atoms with E-state index in [-0.39, 0.29) is 12.5 Å². The third kappa shape index (κ3) is 4.72. The van der Waals surface area contributed by atoms with Crippen LogP contribution in [0.1, 0.15) is 15.2 Å². The van der Waals surface area contributed by atoms with Gasteiger partial charge < -0.3 is 19.5 Å². The Morgan fingerprint density at radius 1 is 1.13 bits per heavy atom. The molecule has 122 valence electrons. The number of esters is 1. The molecule has 7 heteroatoms. The molecule has 0 aliphatic rings. The lowest BCUT2D eigenvalue weighted by molar-refractivity contribution is -0.123. The van der Waals surface area contributed by atoms with Crippen LogP contribution in [0.4, 0.5) is 0 Å². The van der Waals surface area contributed by atoms with Gasteiger partial charge in [-0.05, 0) is 29.1 Å². The topological polar surface area (TPSA) is 73.9 Å². The number of nitrogens with one attached hydrogen (secondary N) is 1. The van der Waals surface area contributed by atoms with Gasteiger partial charge >= 0.3 is 5.97 Å². The Labute approximate surface area is 138 Å². The van der Waals surface area contributed by atoms with Gasteiger partial charge in [0.15, 0.2) is 11.5 Å². The first-order chi connectivity index (χ1) is 11.1. The van der Waals surface area contributed by atoms with Crippen molar-refractivity contribution < 1.29 is 23.8 Å². The standard InChI is InChI=1S/C16H17NO5S/c1-20-12-5-3-11(4-6-12)9-17-14(18)10-22-13-7-8-23-15(13)16(19)21-2/h3-8H,9-10H2,1-2H3,(H,17,18). The summed E-state index contributed by atoms with van der Waals surface area (Å²) in [5, 5.41) is 4.45. The molecule has 0 unspecified atom stereocenters. The highest BCUT2D eigenvalue weighted by atomic mass is 32.1. The lowest BCUT2D eigenvalue weighted by atomic mass is 10.2. The summed E-state index contributed by atoms with van der Waals surface area (Å²) in [7, 11) is 2.90. The van der Waals surface area contributed by atoms with Gasteiger partial charge in [-0.25, -0.2) is 4.79 Å². The Bertz CT molecular complexity index is 665. The average Bonchev–Trinajstić information content (AvgIpc) is 3.06. The monoisotopic (exact) mass is 335 g/mol. The second-order valence-electron chi connectivity index (χ2n) is 4.52. The van der Waals surface area contributed by atoms with E-state index in [9.17, 15) is 9.59 Å². The zero-order chi connectivity index (χ0) is 16.7. The summed E-state index contributed by atoms with van der Waals surface area (Å²) in [6.45, 7) is 0.219. The largest absolute Gasteiger partial charge is 0.497 e. The smallest absolute Gasteiger partial charge is 0.351 e. The van der Waals surface area contributed by atoms with Crippen molar-refractivity contribution in [3.8, 4) is 11.5 Å². The molecule has 0 radical (unpaired) electrons. The molecule has 0 aliphatic heterocycles. The van der Waals surface area contributed by atoms with E-state index in [1.54, 1.807) is 18.6 Å². The van der Waals surface area contributed by atoms with Crippen molar-refractivity contribution in [3.05, 3.63) is 46.2 Å². The van der Waals surface area contributed by atoms with Crippen molar-refractivity contribution >= 4 is 23.2 Å². The predicted octanol–water partition coefficient (Wildman–Crippen LogP) is 2.24. The molecule has 0 saturated heterocycles. The first-order valence-electron chi connectivity index (χ1n) is 6.82. The maximum Gasteiger partial charge on any atom is 0.351 e. The fourth-order valence-corrected chi connectivity index (χ4v) is 2.54. The molecule has 0 aliphatic carbocycles. The molecule has 6 nitrogen and oxygen atoms in total. The molecular weight excluding hydrogens is 318 g/mol. The molecule has 0 spiro atoms. The highest BCUT2D eigenvalue weighted by Crippen LogP contribution is 2.25. The Hall–Kier alpha value is -2.54. The Morgan fingerprint density at radius 2 is 1.87 bits per heavy atom. The van der Waals surface area contributed by atoms with Gasteiger partial charge in [0.1, 0.15) is 11.5 Å². The first-order valence-corrected chi connectivity index (χ1v) is 7.70. The molecule has 1 N–H and O–H groups in total. The van der Waals surface area contributed by atoms with Gasteiger partial charge in [-0.3, -0.25) is 4.79 Å². The van der Waals surface area contributed by atoms with Crippen molar-refractivity contribution in [3.63, 3.8) is 0 Å². The normalized spacial score (nSPS) is 10.0. The van der Waals surface area contributed by atoms with E-state index in [1.165, 1.54) is 18.4 Å². The Balaban J connectivity index is 1.81. The highest BCUT2D eigenvalue weighted by molar-refractivity contribution is 7.12. The van der Waals surface area contributed by atoms with Crippen molar-refractivity contribution in [2.75, 3.05) is 20.8 Å². The van der Waals surface area contributed by atoms with Crippen LogP contribution in [-0.2, 0) is 16.1 Å². The predicted molar refractivity (Wildman–Crippen MR) is 86.0 cm³/mol. The second-order valence-corrected chi connectivity index (χ2v) is 5.44. The minimum absolute atomic E-state index is 0.170. The van der Waals surface area contributed by atoms with Crippen molar-refractivity contribution in [1.82, 2.24) is 5.32 Å². The van der Waals surface area contributed by atoms with Crippen LogP contribution in [0.3, 0.4) is 0 Å².